The Morgan fingerprint density at radius 1 is 1.25 bits per heavy atom. The zero-order valence-electron chi connectivity index (χ0n) is 14.3. The maximum Gasteiger partial charge on any atom is 0.213 e. The van der Waals surface area contributed by atoms with Crippen molar-refractivity contribution in [2.45, 2.75) is 33.1 Å². The number of guanidine groups is 1. The summed E-state index contributed by atoms with van der Waals surface area (Å²) >= 11 is 0. The smallest absolute Gasteiger partial charge is 0.213 e. The topological polar surface area (TPSA) is 81.8 Å². The third-order valence-electron chi connectivity index (χ3n) is 3.17. The minimum absolute atomic E-state index is 0.105. The van der Waals surface area contributed by atoms with E-state index < -0.39 is 0 Å². The fourth-order valence-corrected chi connectivity index (χ4v) is 2.09. The number of ether oxygens (including phenoxy) is 2. The number of benzene rings is 1. The van der Waals surface area contributed by atoms with Gasteiger partial charge in [0, 0.05) is 30.6 Å². The van der Waals surface area contributed by atoms with Crippen LogP contribution in [-0.4, -0.2) is 24.2 Å². The van der Waals surface area contributed by atoms with Crippen LogP contribution >= 0.6 is 0 Å². The van der Waals surface area contributed by atoms with Crippen LogP contribution in [0.25, 0.3) is 0 Å². The zero-order chi connectivity index (χ0) is 17.4. The van der Waals surface area contributed by atoms with Crippen LogP contribution in [0.5, 0.6) is 5.88 Å². The summed E-state index contributed by atoms with van der Waals surface area (Å²) in [7, 11) is 1.66. The van der Waals surface area contributed by atoms with E-state index in [-0.39, 0.29) is 6.10 Å². The normalized spacial score (nSPS) is 11.6. The predicted octanol–water partition coefficient (Wildman–Crippen LogP) is 2.94. The maximum atomic E-state index is 5.97. The van der Waals surface area contributed by atoms with Gasteiger partial charge in [-0.15, -0.1) is 0 Å². The molecular formula is C18H24N4O2. The Morgan fingerprint density at radius 3 is 2.71 bits per heavy atom. The van der Waals surface area contributed by atoms with Gasteiger partial charge in [-0.25, -0.2) is 9.98 Å². The molecule has 2 rings (SSSR count). The van der Waals surface area contributed by atoms with Gasteiger partial charge in [-0.3, -0.25) is 0 Å². The third-order valence-corrected chi connectivity index (χ3v) is 3.17. The number of methoxy groups -OCH3 is 1. The lowest BCUT2D eigenvalue weighted by molar-refractivity contribution is 0.185. The van der Waals surface area contributed by atoms with Gasteiger partial charge in [0.05, 0.1) is 19.3 Å². The van der Waals surface area contributed by atoms with Gasteiger partial charge < -0.3 is 20.5 Å². The summed E-state index contributed by atoms with van der Waals surface area (Å²) in [6, 6.07) is 11.6. The van der Waals surface area contributed by atoms with Crippen LogP contribution in [0.4, 0.5) is 5.69 Å². The van der Waals surface area contributed by atoms with Gasteiger partial charge >= 0.3 is 0 Å². The van der Waals surface area contributed by atoms with Crippen molar-refractivity contribution in [3.63, 3.8) is 0 Å². The molecule has 24 heavy (non-hydrogen) atoms. The van der Waals surface area contributed by atoms with E-state index in [1.54, 1.807) is 13.3 Å². The number of hydrogen-bond acceptors (Lipinski definition) is 4. The van der Waals surface area contributed by atoms with Crippen LogP contribution in [0.15, 0.2) is 47.6 Å². The number of aromatic nitrogens is 1. The summed E-state index contributed by atoms with van der Waals surface area (Å²) in [5.41, 5.74) is 8.84. The number of nitrogens with two attached hydrogens (primary N) is 1. The minimum Gasteiger partial charge on any atom is -0.475 e. The molecule has 0 aliphatic carbocycles. The molecular weight excluding hydrogens is 304 g/mol. The van der Waals surface area contributed by atoms with Crippen molar-refractivity contribution in [3.8, 4) is 5.88 Å². The van der Waals surface area contributed by atoms with E-state index in [9.17, 15) is 0 Å². The van der Waals surface area contributed by atoms with Crippen LogP contribution in [-0.2, 0) is 17.9 Å². The van der Waals surface area contributed by atoms with E-state index in [1.807, 2.05) is 50.2 Å². The molecule has 0 aliphatic rings. The molecule has 0 radical (unpaired) electrons. The highest BCUT2D eigenvalue weighted by Crippen LogP contribution is 2.15. The van der Waals surface area contributed by atoms with Gasteiger partial charge in [0.1, 0.15) is 0 Å². The second kappa shape index (κ2) is 8.88. The molecule has 3 N–H and O–H groups in total. The molecule has 0 saturated heterocycles. The van der Waals surface area contributed by atoms with E-state index in [0.29, 0.717) is 25.0 Å². The van der Waals surface area contributed by atoms with Gasteiger partial charge in [-0.2, -0.15) is 0 Å². The van der Waals surface area contributed by atoms with Crippen molar-refractivity contribution in [2.24, 2.45) is 10.7 Å². The number of pyridine rings is 1. The molecule has 128 valence electrons. The summed E-state index contributed by atoms with van der Waals surface area (Å²) in [6.45, 7) is 4.89. The summed E-state index contributed by atoms with van der Waals surface area (Å²) in [4.78, 5) is 8.59. The molecule has 0 aliphatic heterocycles. The predicted molar refractivity (Wildman–Crippen MR) is 96.1 cm³/mol. The van der Waals surface area contributed by atoms with Gasteiger partial charge in [0.2, 0.25) is 5.88 Å². The maximum absolute atomic E-state index is 5.97. The number of hydrogen-bond donors (Lipinski definition) is 2. The van der Waals surface area contributed by atoms with Gasteiger partial charge in [0.25, 0.3) is 0 Å². The Hall–Kier alpha value is -2.60. The van der Waals surface area contributed by atoms with E-state index in [0.717, 1.165) is 16.8 Å². The largest absolute Gasteiger partial charge is 0.475 e. The number of nitrogens with zero attached hydrogens (tertiary/aromatic N) is 2. The van der Waals surface area contributed by atoms with Crippen LogP contribution in [0.2, 0.25) is 0 Å². The fraction of sp³-hybridized carbons (Fsp3) is 0.333. The second-order valence-electron chi connectivity index (χ2n) is 5.59. The third kappa shape index (κ3) is 5.55. The van der Waals surface area contributed by atoms with Gasteiger partial charge in [-0.1, -0.05) is 24.3 Å². The highest BCUT2D eigenvalue weighted by Gasteiger charge is 2.03. The molecule has 2 aromatic rings. The van der Waals surface area contributed by atoms with Crippen molar-refractivity contribution in [1.29, 1.82) is 0 Å². The molecule has 0 unspecified atom stereocenters. The number of nitrogens with one attached hydrogen (secondary N) is 1. The number of anilines is 1. The van der Waals surface area contributed by atoms with E-state index in [4.69, 9.17) is 15.2 Å². The summed E-state index contributed by atoms with van der Waals surface area (Å²) in [5.74, 6) is 0.957. The number of para-hydroxylation sites is 1. The summed E-state index contributed by atoms with van der Waals surface area (Å²) in [5, 5.41) is 3.11. The first kappa shape index (κ1) is 17.7. The summed E-state index contributed by atoms with van der Waals surface area (Å²) in [6.07, 6.45) is 1.85. The lowest BCUT2D eigenvalue weighted by Crippen LogP contribution is -2.23. The molecule has 0 spiro atoms. The first-order chi connectivity index (χ1) is 11.6. The van der Waals surface area contributed by atoms with Crippen molar-refractivity contribution in [3.05, 3.63) is 53.7 Å². The molecule has 1 aromatic carbocycles. The monoisotopic (exact) mass is 328 g/mol. The first-order valence-corrected chi connectivity index (χ1v) is 7.84. The molecule has 0 saturated carbocycles. The van der Waals surface area contributed by atoms with Crippen LogP contribution in [0.1, 0.15) is 25.0 Å². The fourth-order valence-electron chi connectivity index (χ4n) is 2.09. The van der Waals surface area contributed by atoms with E-state index >= 15 is 0 Å². The van der Waals surface area contributed by atoms with E-state index in [2.05, 4.69) is 15.3 Å². The van der Waals surface area contributed by atoms with Crippen molar-refractivity contribution >= 4 is 11.6 Å². The lowest BCUT2D eigenvalue weighted by atomic mass is 10.2. The Morgan fingerprint density at radius 2 is 2.04 bits per heavy atom. The standard InChI is InChI=1S/C18H24N4O2/c1-13(2)24-17-9-8-14(10-20-17)11-21-18(19)22-16-7-5-4-6-15(16)12-23-3/h4-10,13H,11-12H2,1-3H3,(H3,19,21,22). The highest BCUT2D eigenvalue weighted by atomic mass is 16.5. The first-order valence-electron chi connectivity index (χ1n) is 7.84. The average molecular weight is 328 g/mol. The molecule has 1 aromatic heterocycles. The number of aliphatic imine (C=N–C) groups is 1. The van der Waals surface area contributed by atoms with Crippen molar-refractivity contribution in [2.75, 3.05) is 12.4 Å². The quantitative estimate of drug-likeness (QED) is 0.603. The number of rotatable bonds is 7. The zero-order valence-corrected chi connectivity index (χ0v) is 14.3. The Labute approximate surface area is 142 Å². The Bertz CT molecular complexity index is 669. The van der Waals surface area contributed by atoms with E-state index in [1.165, 1.54) is 0 Å². The van der Waals surface area contributed by atoms with Crippen molar-refractivity contribution in [1.82, 2.24) is 4.98 Å². The van der Waals surface area contributed by atoms with Gasteiger partial charge in [-0.05, 0) is 25.5 Å². The van der Waals surface area contributed by atoms with Crippen LogP contribution in [0, 0.1) is 0 Å². The molecule has 0 atom stereocenters. The molecule has 1 heterocycles. The molecule has 6 heteroatoms. The molecule has 6 nitrogen and oxygen atoms in total. The SMILES string of the molecule is COCc1ccccc1NC(N)=NCc1ccc(OC(C)C)nc1. The van der Waals surface area contributed by atoms with Crippen LogP contribution in [0.3, 0.4) is 0 Å². The molecule has 0 amide bonds. The van der Waals surface area contributed by atoms with Gasteiger partial charge in [0.15, 0.2) is 5.96 Å². The lowest BCUT2D eigenvalue weighted by Gasteiger charge is -2.11. The Balaban J connectivity index is 1.96. The second-order valence-corrected chi connectivity index (χ2v) is 5.59. The molecule has 0 fully saturated rings. The highest BCUT2D eigenvalue weighted by molar-refractivity contribution is 5.92. The van der Waals surface area contributed by atoms with Crippen molar-refractivity contribution < 1.29 is 9.47 Å². The summed E-state index contributed by atoms with van der Waals surface area (Å²) < 4.78 is 10.7. The Kier molecular flexibility index (Phi) is 6.57. The van der Waals surface area contributed by atoms with Crippen LogP contribution < -0.4 is 15.8 Å². The molecule has 0 bridgehead atoms. The average Bonchev–Trinajstić information content (AvgIpc) is 2.56. The minimum atomic E-state index is 0.105.